The molecule has 1 saturated heterocycles. The minimum atomic E-state index is -1.15. The molecule has 2 atom stereocenters. The van der Waals surface area contributed by atoms with Crippen molar-refractivity contribution < 1.29 is 14.7 Å². The van der Waals surface area contributed by atoms with Crippen molar-refractivity contribution >= 4 is 86.5 Å². The first-order valence-corrected chi connectivity index (χ1v) is 15.8. The molecule has 3 aliphatic rings. The number of rotatable bonds is 6. The van der Waals surface area contributed by atoms with Gasteiger partial charge in [-0.15, -0.1) is 11.3 Å². The van der Waals surface area contributed by atoms with Gasteiger partial charge in [0.05, 0.1) is 4.53 Å². The minimum absolute atomic E-state index is 0.295. The van der Waals surface area contributed by atoms with Crippen molar-refractivity contribution in [1.29, 1.82) is 0 Å². The van der Waals surface area contributed by atoms with E-state index < -0.39 is 18.1 Å². The molecule has 40 heavy (non-hydrogen) atoms. The molecule has 3 heterocycles. The van der Waals surface area contributed by atoms with Crippen LogP contribution in [0.1, 0.15) is 48.8 Å². The van der Waals surface area contributed by atoms with E-state index in [-0.39, 0.29) is 5.91 Å². The van der Waals surface area contributed by atoms with Crippen molar-refractivity contribution in [3.63, 3.8) is 0 Å². The Balaban J connectivity index is 1.45. The van der Waals surface area contributed by atoms with Gasteiger partial charge >= 0.3 is 5.97 Å². The van der Waals surface area contributed by atoms with Crippen LogP contribution >= 0.6 is 47.9 Å². The van der Waals surface area contributed by atoms with Crippen molar-refractivity contribution in [3.05, 3.63) is 78.7 Å². The fraction of sp³-hybridized carbons (Fsp3) is 0.310. The lowest BCUT2D eigenvalue weighted by Gasteiger charge is -2.27. The number of carboxylic acids is 1. The van der Waals surface area contributed by atoms with Crippen LogP contribution < -0.4 is 19.7 Å². The molecule has 206 valence electrons. The molecule has 2 fully saturated rings. The third-order valence-corrected chi connectivity index (χ3v) is 10.8. The number of thiocarbonyl (C=S) groups is 1. The number of carbonyl (C=O) groups is 2. The lowest BCUT2D eigenvalue weighted by atomic mass is 9.96. The van der Waals surface area contributed by atoms with E-state index in [2.05, 4.69) is 53.9 Å². The largest absolute Gasteiger partial charge is 0.480 e. The number of hydrogen-bond acceptors (Lipinski definition) is 8. The Morgan fingerprint density at radius 2 is 1.95 bits per heavy atom. The maximum Gasteiger partial charge on any atom is 0.323 e. The van der Waals surface area contributed by atoms with Gasteiger partial charge in [0.1, 0.15) is 20.4 Å². The van der Waals surface area contributed by atoms with Crippen LogP contribution in [-0.2, 0) is 21.9 Å². The molecule has 2 aliphatic heterocycles. The Morgan fingerprint density at radius 3 is 2.62 bits per heavy atom. The molecule has 0 radical (unpaired) electrons. The highest BCUT2D eigenvalue weighted by Gasteiger charge is 2.42. The maximum absolute atomic E-state index is 13.4. The van der Waals surface area contributed by atoms with Gasteiger partial charge in [0.2, 0.25) is 0 Å². The number of amides is 1. The van der Waals surface area contributed by atoms with Crippen LogP contribution in [0.4, 0.5) is 11.4 Å². The molecule has 1 aliphatic carbocycles. The summed E-state index contributed by atoms with van der Waals surface area (Å²) in [6.45, 7) is 1.71. The summed E-state index contributed by atoms with van der Waals surface area (Å²) in [4.78, 5) is 42.2. The predicted octanol–water partition coefficient (Wildman–Crippen LogP) is 4.03. The molecule has 0 spiro atoms. The molecule has 1 N–H and O–H groups in total. The van der Waals surface area contributed by atoms with Crippen LogP contribution in [0, 0.1) is 0 Å². The molecule has 6 rings (SSSR count). The van der Waals surface area contributed by atoms with Crippen molar-refractivity contribution in [2.75, 3.05) is 11.4 Å². The van der Waals surface area contributed by atoms with Crippen LogP contribution in [0.5, 0.6) is 0 Å². The van der Waals surface area contributed by atoms with Gasteiger partial charge in [0.25, 0.3) is 11.5 Å². The number of fused-ring (bicyclic) bond motifs is 3. The molecular weight excluding hydrogens is 583 g/mol. The monoisotopic (exact) mass is 609 g/mol. The Morgan fingerprint density at radius 1 is 1.18 bits per heavy atom. The van der Waals surface area contributed by atoms with Gasteiger partial charge in [0, 0.05) is 35.6 Å². The second-order valence-electron chi connectivity index (χ2n) is 10.1. The van der Waals surface area contributed by atoms with E-state index in [1.54, 1.807) is 0 Å². The SMILES string of the molecule is CCN1C(=O)/C(=c2\s/c(=C/c3ccc4c(c3)C3CCCC3N4c3ccc(CS)cc3)c(=O)n2CC(=O)O)SC1=S. The molecular formula is C29H27N3O4S4. The van der Waals surface area contributed by atoms with E-state index in [1.165, 1.54) is 38.4 Å². The first-order chi connectivity index (χ1) is 19.3. The van der Waals surface area contributed by atoms with Crippen LogP contribution in [0.3, 0.4) is 0 Å². The molecule has 2 aromatic carbocycles. The zero-order valence-electron chi connectivity index (χ0n) is 21.7. The van der Waals surface area contributed by atoms with E-state index in [0.717, 1.165) is 41.5 Å². The Bertz CT molecular complexity index is 1730. The number of aliphatic carboxylic acids is 1. The summed E-state index contributed by atoms with van der Waals surface area (Å²) in [6.07, 6.45) is 5.22. The summed E-state index contributed by atoms with van der Waals surface area (Å²) in [7, 11) is 0. The number of nitrogens with zero attached hydrogens (tertiary/aromatic N) is 3. The third kappa shape index (κ3) is 4.62. The summed E-state index contributed by atoms with van der Waals surface area (Å²) in [5.74, 6) is -0.321. The van der Waals surface area contributed by atoms with Crippen molar-refractivity contribution in [2.24, 2.45) is 0 Å². The van der Waals surface area contributed by atoms with E-state index in [0.29, 0.717) is 42.7 Å². The molecule has 1 aromatic heterocycles. The van der Waals surface area contributed by atoms with Crippen LogP contribution in [0.25, 0.3) is 11.0 Å². The standard InChI is InChI=1S/C29H27N3O4S4/c1-2-30-27(36)25(40-29(30)38)28-31(14-24(33)34)26(35)23(39-28)13-17-8-11-22-20(12-17)19-4-3-5-21(19)32(22)18-9-6-16(15-37)7-10-18/h6-13,19,21,37H,2-5,14-15H2,1H3,(H,33,34)/b23-13+,28-25+. The highest BCUT2D eigenvalue weighted by Crippen LogP contribution is 2.52. The molecule has 3 aromatic rings. The molecule has 0 bridgehead atoms. The maximum atomic E-state index is 13.4. The number of carbonyl (C=O) groups excluding carboxylic acids is 1. The van der Waals surface area contributed by atoms with E-state index in [4.69, 9.17) is 12.2 Å². The number of thioether (sulfide) groups is 1. The van der Waals surface area contributed by atoms with Crippen LogP contribution in [0.2, 0.25) is 0 Å². The average molecular weight is 610 g/mol. The quantitative estimate of drug-likeness (QED) is 0.323. The lowest BCUT2D eigenvalue weighted by Crippen LogP contribution is -2.35. The first kappa shape index (κ1) is 27.3. The van der Waals surface area contributed by atoms with Gasteiger partial charge in [-0.25, -0.2) is 0 Å². The second-order valence-corrected chi connectivity index (χ2v) is 13.1. The first-order valence-electron chi connectivity index (χ1n) is 13.1. The van der Waals surface area contributed by atoms with Gasteiger partial charge < -0.3 is 10.0 Å². The zero-order valence-corrected chi connectivity index (χ0v) is 25.0. The number of carboxylic acid groups (broad SMARTS) is 1. The normalized spacial score (nSPS) is 21.9. The highest BCUT2D eigenvalue weighted by molar-refractivity contribution is 8.30. The fourth-order valence-electron chi connectivity index (χ4n) is 5.98. The minimum Gasteiger partial charge on any atom is -0.480 e. The highest BCUT2D eigenvalue weighted by atomic mass is 32.2. The summed E-state index contributed by atoms with van der Waals surface area (Å²) in [6, 6.07) is 15.3. The number of benzene rings is 2. The van der Waals surface area contributed by atoms with Crippen molar-refractivity contribution in [2.45, 2.75) is 50.4 Å². The van der Waals surface area contributed by atoms with Gasteiger partial charge in [-0.3, -0.25) is 23.9 Å². The van der Waals surface area contributed by atoms with Gasteiger partial charge in [-0.2, -0.15) is 12.6 Å². The van der Waals surface area contributed by atoms with Gasteiger partial charge in [0.15, 0.2) is 0 Å². The topological polar surface area (TPSA) is 82.9 Å². The zero-order chi connectivity index (χ0) is 28.1. The predicted molar refractivity (Wildman–Crippen MR) is 168 cm³/mol. The lowest BCUT2D eigenvalue weighted by molar-refractivity contribution is -0.137. The number of thiazole rings is 1. The second kappa shape index (κ2) is 10.8. The van der Waals surface area contributed by atoms with E-state index in [9.17, 15) is 19.5 Å². The molecule has 1 amide bonds. The van der Waals surface area contributed by atoms with Crippen LogP contribution in [-0.4, -0.2) is 43.4 Å². The van der Waals surface area contributed by atoms with Gasteiger partial charge in [-0.05, 0) is 66.8 Å². The Kier molecular flexibility index (Phi) is 7.41. The number of hydrogen-bond donors (Lipinski definition) is 2. The average Bonchev–Trinajstić information content (AvgIpc) is 3.67. The van der Waals surface area contributed by atoms with Crippen molar-refractivity contribution in [1.82, 2.24) is 9.47 Å². The van der Waals surface area contributed by atoms with Gasteiger partial charge in [-0.1, -0.05) is 48.6 Å². The summed E-state index contributed by atoms with van der Waals surface area (Å²) < 4.78 is 2.31. The molecule has 2 unspecified atom stereocenters. The summed E-state index contributed by atoms with van der Waals surface area (Å²) in [5, 5.41) is 9.50. The Labute approximate surface area is 250 Å². The Hall–Kier alpha value is -2.86. The van der Waals surface area contributed by atoms with E-state index >= 15 is 0 Å². The van der Waals surface area contributed by atoms with E-state index in [1.807, 2.05) is 19.1 Å². The number of thiol groups is 1. The summed E-state index contributed by atoms with van der Waals surface area (Å²) in [5.41, 5.74) is 5.28. The smallest absolute Gasteiger partial charge is 0.323 e. The molecule has 1 saturated carbocycles. The van der Waals surface area contributed by atoms with Crippen LogP contribution in [0.15, 0.2) is 47.3 Å². The molecule has 11 heteroatoms. The van der Waals surface area contributed by atoms with Crippen molar-refractivity contribution in [3.8, 4) is 0 Å². The third-order valence-electron chi connectivity index (χ3n) is 7.78. The number of aromatic nitrogens is 1. The molecule has 7 nitrogen and oxygen atoms in total. The number of anilines is 2. The summed E-state index contributed by atoms with van der Waals surface area (Å²) >= 11 is 12.0. The fourth-order valence-corrected chi connectivity index (χ4v) is 8.83.